The van der Waals surface area contributed by atoms with Crippen LogP contribution in [0.5, 0.6) is 0 Å². The summed E-state index contributed by atoms with van der Waals surface area (Å²) in [4.78, 5) is 11.5. The molecule has 0 aliphatic carbocycles. The van der Waals surface area contributed by atoms with Crippen LogP contribution >= 0.6 is 0 Å². The van der Waals surface area contributed by atoms with E-state index in [1.807, 2.05) is 26.2 Å². The van der Waals surface area contributed by atoms with E-state index in [4.69, 9.17) is 5.73 Å². The number of carbonyl (C=O) groups excluding carboxylic acids is 1. The lowest BCUT2D eigenvalue weighted by Gasteiger charge is -2.10. The topological polar surface area (TPSA) is 85.0 Å². The van der Waals surface area contributed by atoms with Crippen LogP contribution < -0.4 is 16.4 Å². The molecule has 0 saturated carbocycles. The van der Waals surface area contributed by atoms with E-state index < -0.39 is 0 Å². The summed E-state index contributed by atoms with van der Waals surface area (Å²) < 4.78 is 1.78. The van der Waals surface area contributed by atoms with E-state index in [2.05, 4.69) is 15.7 Å². The van der Waals surface area contributed by atoms with Gasteiger partial charge in [-0.05, 0) is 25.1 Å². The van der Waals surface area contributed by atoms with Crippen LogP contribution in [0.3, 0.4) is 0 Å². The summed E-state index contributed by atoms with van der Waals surface area (Å²) in [6.45, 7) is 2.61. The number of amides is 1. The molecule has 106 valence electrons. The van der Waals surface area contributed by atoms with Crippen molar-refractivity contribution in [3.63, 3.8) is 0 Å². The number of hydrogen-bond acceptors (Lipinski definition) is 4. The average molecular weight is 273 g/mol. The molecule has 0 atom stereocenters. The highest BCUT2D eigenvalue weighted by Gasteiger charge is 2.07. The average Bonchev–Trinajstić information content (AvgIpc) is 2.74. The van der Waals surface area contributed by atoms with Gasteiger partial charge in [-0.2, -0.15) is 5.10 Å². The molecule has 1 aromatic carbocycles. The number of benzene rings is 1. The van der Waals surface area contributed by atoms with Crippen molar-refractivity contribution >= 4 is 17.3 Å². The maximum absolute atomic E-state index is 11.5. The fourth-order valence-electron chi connectivity index (χ4n) is 2.02. The van der Waals surface area contributed by atoms with Gasteiger partial charge in [0.15, 0.2) is 0 Å². The van der Waals surface area contributed by atoms with Crippen molar-refractivity contribution in [3.05, 3.63) is 41.2 Å². The zero-order valence-electron chi connectivity index (χ0n) is 11.9. The van der Waals surface area contributed by atoms with Gasteiger partial charge in [-0.15, -0.1) is 0 Å². The van der Waals surface area contributed by atoms with Gasteiger partial charge in [0.25, 0.3) is 5.91 Å². The minimum atomic E-state index is -0.147. The van der Waals surface area contributed by atoms with E-state index in [-0.39, 0.29) is 5.91 Å². The number of nitrogens with two attached hydrogens (primary N) is 1. The number of hydrogen-bond donors (Lipinski definition) is 3. The Hall–Kier alpha value is -2.50. The molecule has 0 aliphatic rings. The van der Waals surface area contributed by atoms with Gasteiger partial charge in [-0.25, -0.2) is 0 Å². The summed E-state index contributed by atoms with van der Waals surface area (Å²) in [7, 11) is 3.49. The summed E-state index contributed by atoms with van der Waals surface area (Å²) in [6.07, 6.45) is 1.97. The Morgan fingerprint density at radius 1 is 1.45 bits per heavy atom. The highest BCUT2D eigenvalue weighted by atomic mass is 16.1. The second-order valence-corrected chi connectivity index (χ2v) is 4.65. The first-order chi connectivity index (χ1) is 9.51. The first kappa shape index (κ1) is 13.9. The number of nitrogens with one attached hydrogen (secondary N) is 2. The third-order valence-electron chi connectivity index (χ3n) is 3.13. The molecular formula is C14H19N5O. The fourth-order valence-corrected chi connectivity index (χ4v) is 2.02. The van der Waals surface area contributed by atoms with Gasteiger partial charge in [0.1, 0.15) is 0 Å². The molecule has 6 nitrogen and oxygen atoms in total. The van der Waals surface area contributed by atoms with Crippen LogP contribution in [-0.4, -0.2) is 22.7 Å². The van der Waals surface area contributed by atoms with Crippen molar-refractivity contribution in [3.8, 4) is 0 Å². The first-order valence-corrected chi connectivity index (χ1v) is 6.36. The Kier molecular flexibility index (Phi) is 3.93. The third-order valence-corrected chi connectivity index (χ3v) is 3.13. The number of aryl methyl sites for hydroxylation is 2. The third kappa shape index (κ3) is 2.90. The molecule has 20 heavy (non-hydrogen) atoms. The van der Waals surface area contributed by atoms with E-state index in [1.54, 1.807) is 23.9 Å². The number of nitrogens with zero attached hydrogens (tertiary/aromatic N) is 2. The van der Waals surface area contributed by atoms with Crippen LogP contribution in [0.15, 0.2) is 24.4 Å². The molecule has 0 unspecified atom stereocenters. The fraction of sp³-hybridized carbons (Fsp3) is 0.286. The van der Waals surface area contributed by atoms with Gasteiger partial charge in [0.05, 0.1) is 17.1 Å². The number of nitrogen functional groups attached to an aromatic ring is 1. The van der Waals surface area contributed by atoms with Gasteiger partial charge in [0.2, 0.25) is 0 Å². The van der Waals surface area contributed by atoms with Gasteiger partial charge in [-0.3, -0.25) is 9.48 Å². The normalized spacial score (nSPS) is 10.3. The van der Waals surface area contributed by atoms with Gasteiger partial charge in [-0.1, -0.05) is 0 Å². The van der Waals surface area contributed by atoms with Crippen molar-refractivity contribution < 1.29 is 4.79 Å². The number of aromatic nitrogens is 2. The molecule has 0 bridgehead atoms. The quantitative estimate of drug-likeness (QED) is 0.733. The minimum Gasteiger partial charge on any atom is -0.397 e. The van der Waals surface area contributed by atoms with Gasteiger partial charge < -0.3 is 16.4 Å². The SMILES string of the molecule is CNC(=O)c1ccc(NCc2cn(C)nc2C)c(N)c1. The Balaban J connectivity index is 2.10. The second kappa shape index (κ2) is 5.64. The van der Waals surface area contributed by atoms with Crippen molar-refractivity contribution in [2.24, 2.45) is 7.05 Å². The zero-order valence-corrected chi connectivity index (χ0v) is 11.9. The molecule has 2 rings (SSSR count). The van der Waals surface area contributed by atoms with E-state index >= 15 is 0 Å². The van der Waals surface area contributed by atoms with Crippen molar-refractivity contribution in [2.45, 2.75) is 13.5 Å². The highest BCUT2D eigenvalue weighted by molar-refractivity contribution is 5.95. The molecule has 0 radical (unpaired) electrons. The second-order valence-electron chi connectivity index (χ2n) is 4.65. The number of rotatable bonds is 4. The Morgan fingerprint density at radius 2 is 2.20 bits per heavy atom. The molecule has 0 fully saturated rings. The summed E-state index contributed by atoms with van der Waals surface area (Å²) in [5.41, 5.74) is 9.96. The van der Waals surface area contributed by atoms with Crippen molar-refractivity contribution in [1.29, 1.82) is 0 Å². The standard InChI is InChI=1S/C14H19N5O/c1-9-11(8-19(3)18-9)7-17-13-5-4-10(6-12(13)15)14(20)16-2/h4-6,8,17H,7,15H2,1-3H3,(H,16,20). The van der Waals surface area contributed by atoms with E-state index in [0.717, 1.165) is 16.9 Å². The van der Waals surface area contributed by atoms with Crippen LogP contribution in [0.4, 0.5) is 11.4 Å². The maximum atomic E-state index is 11.5. The molecule has 1 amide bonds. The molecule has 4 N–H and O–H groups in total. The molecular weight excluding hydrogens is 254 g/mol. The van der Waals surface area contributed by atoms with Crippen LogP contribution in [-0.2, 0) is 13.6 Å². The molecule has 2 aromatic rings. The lowest BCUT2D eigenvalue weighted by molar-refractivity contribution is 0.0963. The van der Waals surface area contributed by atoms with Gasteiger partial charge in [0, 0.05) is 38.0 Å². The predicted molar refractivity (Wildman–Crippen MR) is 79.5 cm³/mol. The predicted octanol–water partition coefficient (Wildman–Crippen LogP) is 1.28. The Morgan fingerprint density at radius 3 is 2.75 bits per heavy atom. The summed E-state index contributed by atoms with van der Waals surface area (Å²) in [5.74, 6) is -0.147. The molecule has 0 spiro atoms. The van der Waals surface area contributed by atoms with E-state index in [9.17, 15) is 4.79 Å². The lowest BCUT2D eigenvalue weighted by Crippen LogP contribution is -2.18. The largest absolute Gasteiger partial charge is 0.397 e. The monoisotopic (exact) mass is 273 g/mol. The van der Waals surface area contributed by atoms with Crippen LogP contribution in [0, 0.1) is 6.92 Å². The van der Waals surface area contributed by atoms with Crippen LogP contribution in [0.2, 0.25) is 0 Å². The number of anilines is 2. The lowest BCUT2D eigenvalue weighted by atomic mass is 10.1. The smallest absolute Gasteiger partial charge is 0.251 e. The van der Waals surface area contributed by atoms with Crippen molar-refractivity contribution in [2.75, 3.05) is 18.1 Å². The highest BCUT2D eigenvalue weighted by Crippen LogP contribution is 2.21. The molecule has 0 aliphatic heterocycles. The summed E-state index contributed by atoms with van der Waals surface area (Å²) in [5, 5.41) is 10.1. The zero-order chi connectivity index (χ0) is 14.7. The van der Waals surface area contributed by atoms with Crippen LogP contribution in [0.25, 0.3) is 0 Å². The van der Waals surface area contributed by atoms with Crippen LogP contribution in [0.1, 0.15) is 21.6 Å². The molecule has 6 heteroatoms. The number of carbonyl (C=O) groups is 1. The summed E-state index contributed by atoms with van der Waals surface area (Å²) >= 11 is 0. The van der Waals surface area contributed by atoms with E-state index in [0.29, 0.717) is 17.8 Å². The molecule has 1 aromatic heterocycles. The Bertz CT molecular complexity index is 632. The van der Waals surface area contributed by atoms with Gasteiger partial charge >= 0.3 is 0 Å². The first-order valence-electron chi connectivity index (χ1n) is 6.36. The summed E-state index contributed by atoms with van der Waals surface area (Å²) in [6, 6.07) is 5.22. The maximum Gasteiger partial charge on any atom is 0.251 e. The van der Waals surface area contributed by atoms with Crippen molar-refractivity contribution in [1.82, 2.24) is 15.1 Å². The minimum absolute atomic E-state index is 0.147. The van der Waals surface area contributed by atoms with E-state index in [1.165, 1.54) is 0 Å². The molecule has 0 saturated heterocycles. The Labute approximate surface area is 118 Å². The molecule has 1 heterocycles.